The lowest BCUT2D eigenvalue weighted by Crippen LogP contribution is -2.55. The van der Waals surface area contributed by atoms with Gasteiger partial charge in [0, 0.05) is 17.7 Å². The number of hydrogen-bond donors (Lipinski definition) is 0. The highest BCUT2D eigenvalue weighted by atomic mass is 32.2. The maximum Gasteiger partial charge on any atom is 0.233 e. The van der Waals surface area contributed by atoms with E-state index >= 15 is 0 Å². The fourth-order valence-electron chi connectivity index (χ4n) is 4.40. The molecule has 166 valence electrons. The van der Waals surface area contributed by atoms with Gasteiger partial charge < -0.3 is 9.64 Å². The van der Waals surface area contributed by atoms with Crippen molar-refractivity contribution in [3.05, 3.63) is 41.1 Å². The van der Waals surface area contributed by atoms with E-state index in [1.54, 1.807) is 11.4 Å². The summed E-state index contributed by atoms with van der Waals surface area (Å²) in [5, 5.41) is 0. The number of benzene rings is 1. The molecule has 6 nitrogen and oxygen atoms in total. The Labute approximate surface area is 181 Å². The summed E-state index contributed by atoms with van der Waals surface area (Å²) in [5.74, 6) is 1.54. The first kappa shape index (κ1) is 22.8. The minimum absolute atomic E-state index is 0.0223. The van der Waals surface area contributed by atoms with Crippen LogP contribution in [0.1, 0.15) is 54.0 Å². The van der Waals surface area contributed by atoms with Crippen molar-refractivity contribution in [2.45, 2.75) is 61.1 Å². The number of hydrogen-bond acceptors (Lipinski definition) is 5. The molecule has 1 atom stereocenters. The number of fused-ring (bicyclic) bond motifs is 1. The van der Waals surface area contributed by atoms with Crippen LogP contribution < -0.4 is 4.74 Å². The van der Waals surface area contributed by atoms with Gasteiger partial charge in [-0.15, -0.1) is 0 Å². The summed E-state index contributed by atoms with van der Waals surface area (Å²) < 4.78 is 33.3. The van der Waals surface area contributed by atoms with E-state index in [-0.39, 0.29) is 22.7 Å². The lowest BCUT2D eigenvalue weighted by molar-refractivity contribution is 0.316. The van der Waals surface area contributed by atoms with Crippen molar-refractivity contribution in [1.82, 2.24) is 9.21 Å². The largest absolute Gasteiger partial charge is 0.497 e. The van der Waals surface area contributed by atoms with Crippen LogP contribution in [0.2, 0.25) is 0 Å². The summed E-state index contributed by atoms with van der Waals surface area (Å²) in [4.78, 5) is 6.93. The average molecular weight is 434 g/mol. The van der Waals surface area contributed by atoms with Gasteiger partial charge in [-0.2, -0.15) is 4.31 Å². The van der Waals surface area contributed by atoms with E-state index in [4.69, 9.17) is 9.73 Å². The first-order chi connectivity index (χ1) is 13.7. The zero-order valence-electron chi connectivity index (χ0n) is 19.5. The second-order valence-electron chi connectivity index (χ2n) is 10.3. The molecular formula is C23H35N3O3S. The van der Waals surface area contributed by atoms with Gasteiger partial charge in [0.05, 0.1) is 19.7 Å². The minimum Gasteiger partial charge on any atom is -0.497 e. The highest BCUT2D eigenvalue weighted by Crippen LogP contribution is 2.41. The molecule has 0 aromatic heterocycles. The lowest BCUT2D eigenvalue weighted by atomic mass is 9.79. The Kier molecular flexibility index (Phi) is 5.84. The van der Waals surface area contributed by atoms with Gasteiger partial charge in [-0.25, -0.2) is 8.42 Å². The van der Waals surface area contributed by atoms with Crippen LogP contribution in [0, 0.1) is 10.8 Å². The van der Waals surface area contributed by atoms with Gasteiger partial charge in [-0.3, -0.25) is 4.99 Å². The van der Waals surface area contributed by atoms with Gasteiger partial charge in [-0.1, -0.05) is 53.7 Å². The van der Waals surface area contributed by atoms with Gasteiger partial charge in [0.25, 0.3) is 0 Å². The van der Waals surface area contributed by atoms with Gasteiger partial charge in [0.2, 0.25) is 10.0 Å². The third-order valence-electron chi connectivity index (χ3n) is 5.63. The van der Waals surface area contributed by atoms with Gasteiger partial charge in [0.1, 0.15) is 17.5 Å². The molecular weight excluding hydrogens is 398 g/mol. The number of ether oxygens (including phenoxy) is 1. The maximum atomic E-state index is 13.3. The van der Waals surface area contributed by atoms with Crippen molar-refractivity contribution in [3.8, 4) is 5.75 Å². The molecule has 0 radical (unpaired) electrons. The van der Waals surface area contributed by atoms with Crippen LogP contribution in [0.3, 0.4) is 0 Å². The van der Waals surface area contributed by atoms with Gasteiger partial charge in [-0.05, 0) is 35.6 Å². The van der Waals surface area contributed by atoms with Crippen LogP contribution in [0.15, 0.2) is 40.5 Å². The third kappa shape index (κ3) is 4.42. The molecule has 7 heteroatoms. The molecule has 0 spiro atoms. The number of aliphatic imine (C=N–C) groups is 1. The summed E-state index contributed by atoms with van der Waals surface area (Å²) in [5.41, 5.74) is 2.89. The van der Waals surface area contributed by atoms with E-state index in [1.165, 1.54) is 5.57 Å². The monoisotopic (exact) mass is 433 g/mol. The number of nitrogens with zero attached hydrogens (tertiary/aromatic N) is 3. The molecule has 0 aliphatic carbocycles. The van der Waals surface area contributed by atoms with Crippen molar-refractivity contribution >= 4 is 15.9 Å². The predicted octanol–water partition coefficient (Wildman–Crippen LogP) is 4.25. The topological polar surface area (TPSA) is 62.2 Å². The molecule has 0 amide bonds. The summed E-state index contributed by atoms with van der Waals surface area (Å²) in [6, 6.07) is 7.60. The van der Waals surface area contributed by atoms with Crippen molar-refractivity contribution < 1.29 is 13.2 Å². The van der Waals surface area contributed by atoms with Crippen LogP contribution in [0.5, 0.6) is 5.75 Å². The molecule has 1 aromatic rings. The quantitative estimate of drug-likeness (QED) is 0.715. The molecule has 3 rings (SSSR count). The van der Waals surface area contributed by atoms with Crippen LogP contribution in [-0.4, -0.2) is 49.0 Å². The Balaban J connectivity index is 2.03. The van der Waals surface area contributed by atoms with Crippen LogP contribution >= 0.6 is 0 Å². The van der Waals surface area contributed by atoms with Crippen molar-refractivity contribution in [1.29, 1.82) is 0 Å². The molecule has 30 heavy (non-hydrogen) atoms. The molecule has 1 aromatic carbocycles. The smallest absolute Gasteiger partial charge is 0.233 e. The fraction of sp³-hybridized carbons (Fsp3) is 0.609. The van der Waals surface area contributed by atoms with Crippen LogP contribution in [0.25, 0.3) is 0 Å². The second kappa shape index (κ2) is 7.68. The summed E-state index contributed by atoms with van der Waals surface area (Å²) in [6.45, 7) is 15.6. The van der Waals surface area contributed by atoms with Crippen LogP contribution in [-0.2, 0) is 16.6 Å². The Morgan fingerprint density at radius 2 is 1.67 bits per heavy atom. The fourth-order valence-corrected chi connectivity index (χ4v) is 5.83. The zero-order chi connectivity index (χ0) is 22.5. The molecule has 2 aliphatic heterocycles. The first-order valence-corrected chi connectivity index (χ1v) is 12.0. The van der Waals surface area contributed by atoms with Gasteiger partial charge in [0.15, 0.2) is 0 Å². The van der Waals surface area contributed by atoms with Crippen LogP contribution in [0.4, 0.5) is 0 Å². The average Bonchev–Trinajstić information content (AvgIpc) is 2.60. The molecule has 2 heterocycles. The van der Waals surface area contributed by atoms with E-state index < -0.39 is 10.0 Å². The molecule has 2 aliphatic rings. The zero-order valence-corrected chi connectivity index (χ0v) is 20.3. The highest BCUT2D eigenvalue weighted by molar-refractivity contribution is 7.89. The first-order valence-electron chi connectivity index (χ1n) is 10.4. The molecule has 0 unspecified atom stereocenters. The Hall–Kier alpha value is -1.86. The predicted molar refractivity (Wildman–Crippen MR) is 122 cm³/mol. The molecule has 0 bridgehead atoms. The minimum atomic E-state index is -3.47. The third-order valence-corrected chi connectivity index (χ3v) is 7.26. The van der Waals surface area contributed by atoms with E-state index in [9.17, 15) is 8.42 Å². The molecule has 1 saturated heterocycles. The molecule has 0 saturated carbocycles. The molecule has 0 N–H and O–H groups in total. The number of amidine groups is 1. The standard InChI is InChI=1S/C23H35N3O3S/c1-16-20(22(2,3)4)19-14-25(13-17-9-11-18(29-8)12-10-17)30(27,28)15-26(19)21(24-16)23(5,6)7/h9-12,16H,13-15H2,1-8H3/t16-/m0/s1. The van der Waals surface area contributed by atoms with Crippen molar-refractivity contribution in [2.75, 3.05) is 19.5 Å². The van der Waals surface area contributed by atoms with Gasteiger partial charge >= 0.3 is 0 Å². The number of rotatable bonds is 3. The summed E-state index contributed by atoms with van der Waals surface area (Å²) in [7, 11) is -1.85. The van der Waals surface area contributed by atoms with E-state index in [0.29, 0.717) is 13.1 Å². The normalized spacial score (nSPS) is 22.6. The maximum absolute atomic E-state index is 13.3. The number of methoxy groups -OCH3 is 1. The lowest BCUT2D eigenvalue weighted by Gasteiger charge is -2.47. The summed E-state index contributed by atoms with van der Waals surface area (Å²) >= 11 is 0. The second-order valence-corrected chi connectivity index (χ2v) is 12.2. The molecule has 1 fully saturated rings. The highest BCUT2D eigenvalue weighted by Gasteiger charge is 2.44. The summed E-state index contributed by atoms with van der Waals surface area (Å²) in [6.07, 6.45) is 0. The Morgan fingerprint density at radius 1 is 1.07 bits per heavy atom. The van der Waals surface area contributed by atoms with E-state index in [1.807, 2.05) is 29.2 Å². The van der Waals surface area contributed by atoms with E-state index in [0.717, 1.165) is 22.8 Å². The Morgan fingerprint density at radius 3 is 2.17 bits per heavy atom. The van der Waals surface area contributed by atoms with E-state index in [2.05, 4.69) is 48.5 Å². The SMILES string of the molecule is COc1ccc(CN2CC3=C(C(C)(C)C)[C@H](C)N=C(C(C)(C)C)N3CS2(=O)=O)cc1. The number of sulfonamides is 1. The van der Waals surface area contributed by atoms with Crippen molar-refractivity contribution in [2.24, 2.45) is 15.8 Å². The van der Waals surface area contributed by atoms with Crippen molar-refractivity contribution in [3.63, 3.8) is 0 Å². The Bertz CT molecular complexity index is 964.